The lowest BCUT2D eigenvalue weighted by atomic mass is 10.5. The maximum atomic E-state index is 4.03. The molecule has 0 rings (SSSR count). The summed E-state index contributed by atoms with van der Waals surface area (Å²) in [5.74, 6) is 0. The van der Waals surface area contributed by atoms with E-state index in [1.807, 2.05) is 7.05 Å². The molecule has 2 nitrogen and oxygen atoms in total. The zero-order valence-electron chi connectivity index (χ0n) is 4.81. The molecule has 0 saturated carbocycles. The van der Waals surface area contributed by atoms with E-state index in [1.165, 1.54) is 0 Å². The van der Waals surface area contributed by atoms with E-state index in [0.29, 0.717) is 0 Å². The van der Waals surface area contributed by atoms with Crippen molar-refractivity contribution in [2.75, 3.05) is 13.6 Å². The van der Waals surface area contributed by atoms with E-state index in [2.05, 4.69) is 25.2 Å². The van der Waals surface area contributed by atoms with Crippen LogP contribution in [0.4, 0.5) is 0 Å². The van der Waals surface area contributed by atoms with Gasteiger partial charge in [0, 0.05) is 6.54 Å². The summed E-state index contributed by atoms with van der Waals surface area (Å²) in [5, 5.41) is 0. The summed E-state index contributed by atoms with van der Waals surface area (Å²) in [6, 6.07) is 0. The zero-order valence-corrected chi connectivity index (χ0v) is 5.70. The van der Waals surface area contributed by atoms with Crippen molar-refractivity contribution >= 4 is 12.8 Å². The Hall–Kier alpha value is 0.270. The summed E-state index contributed by atoms with van der Waals surface area (Å²) in [6.45, 7) is 3.10. The van der Waals surface area contributed by atoms with Crippen molar-refractivity contribution < 1.29 is 0 Å². The SMILES string of the molecule is CCCN(S)NC. The molecule has 0 saturated heterocycles. The first-order valence-corrected chi connectivity index (χ1v) is 2.85. The van der Waals surface area contributed by atoms with Gasteiger partial charge in [-0.2, -0.15) is 4.41 Å². The van der Waals surface area contributed by atoms with Crippen LogP contribution in [0.3, 0.4) is 0 Å². The third-order valence-corrected chi connectivity index (χ3v) is 1.09. The first kappa shape index (κ1) is 7.27. The van der Waals surface area contributed by atoms with Crippen LogP contribution < -0.4 is 5.43 Å². The minimum atomic E-state index is 0.986. The van der Waals surface area contributed by atoms with Crippen molar-refractivity contribution in [1.82, 2.24) is 9.84 Å². The summed E-state index contributed by atoms with van der Waals surface area (Å²) in [7, 11) is 1.85. The number of rotatable bonds is 3. The van der Waals surface area contributed by atoms with Gasteiger partial charge in [0.05, 0.1) is 0 Å². The largest absolute Gasteiger partial charge is 0.249 e. The lowest BCUT2D eigenvalue weighted by Crippen LogP contribution is -2.25. The van der Waals surface area contributed by atoms with Crippen LogP contribution in [0.5, 0.6) is 0 Å². The molecule has 0 aliphatic heterocycles. The van der Waals surface area contributed by atoms with Gasteiger partial charge < -0.3 is 0 Å². The van der Waals surface area contributed by atoms with Crippen molar-refractivity contribution in [1.29, 1.82) is 0 Å². The highest BCUT2D eigenvalue weighted by Crippen LogP contribution is 1.86. The highest BCUT2D eigenvalue weighted by Gasteiger charge is 1.86. The normalized spacial score (nSPS) is 10.3. The minimum absolute atomic E-state index is 0.986. The summed E-state index contributed by atoms with van der Waals surface area (Å²) in [5.41, 5.74) is 2.86. The van der Waals surface area contributed by atoms with E-state index in [4.69, 9.17) is 0 Å². The first-order chi connectivity index (χ1) is 3.31. The number of nitrogens with one attached hydrogen (secondary N) is 1. The Kier molecular flexibility index (Phi) is 4.60. The van der Waals surface area contributed by atoms with Gasteiger partial charge in [0.15, 0.2) is 0 Å². The molecule has 0 aliphatic rings. The monoisotopic (exact) mass is 120 g/mol. The molecule has 44 valence electrons. The second-order valence-electron chi connectivity index (χ2n) is 1.35. The quantitative estimate of drug-likeness (QED) is 0.420. The van der Waals surface area contributed by atoms with E-state index in [-0.39, 0.29) is 0 Å². The number of thiol groups is 1. The average molecular weight is 120 g/mol. The second-order valence-corrected chi connectivity index (χ2v) is 1.83. The van der Waals surface area contributed by atoms with Gasteiger partial charge in [0.25, 0.3) is 0 Å². The van der Waals surface area contributed by atoms with Crippen molar-refractivity contribution in [2.24, 2.45) is 0 Å². The number of nitrogens with zero attached hydrogens (tertiary/aromatic N) is 1. The van der Waals surface area contributed by atoms with E-state index in [9.17, 15) is 0 Å². The molecule has 0 heterocycles. The minimum Gasteiger partial charge on any atom is -0.249 e. The van der Waals surface area contributed by atoms with Gasteiger partial charge in [-0.3, -0.25) is 0 Å². The van der Waals surface area contributed by atoms with Gasteiger partial charge in [0.2, 0.25) is 0 Å². The topological polar surface area (TPSA) is 15.3 Å². The molecule has 0 aromatic carbocycles. The van der Waals surface area contributed by atoms with Gasteiger partial charge in [-0.25, -0.2) is 5.43 Å². The van der Waals surface area contributed by atoms with Crippen LogP contribution in [0.2, 0.25) is 0 Å². The zero-order chi connectivity index (χ0) is 5.70. The Morgan fingerprint density at radius 3 is 2.43 bits per heavy atom. The fourth-order valence-electron chi connectivity index (χ4n) is 0.324. The number of hydrazine groups is 1. The molecule has 0 unspecified atom stereocenters. The molecule has 3 heteroatoms. The van der Waals surface area contributed by atoms with Gasteiger partial charge in [-0.05, 0) is 13.5 Å². The van der Waals surface area contributed by atoms with Crippen molar-refractivity contribution in [3.63, 3.8) is 0 Å². The molecule has 0 spiro atoms. The van der Waals surface area contributed by atoms with E-state index < -0.39 is 0 Å². The van der Waals surface area contributed by atoms with Crippen molar-refractivity contribution in [3.05, 3.63) is 0 Å². The first-order valence-electron chi connectivity index (χ1n) is 2.45. The van der Waals surface area contributed by atoms with Gasteiger partial charge >= 0.3 is 0 Å². The third-order valence-electron chi connectivity index (χ3n) is 0.694. The molecule has 0 aromatic rings. The van der Waals surface area contributed by atoms with Gasteiger partial charge in [-0.1, -0.05) is 19.7 Å². The fraction of sp³-hybridized carbons (Fsp3) is 1.00. The van der Waals surface area contributed by atoms with Gasteiger partial charge in [-0.15, -0.1) is 0 Å². The van der Waals surface area contributed by atoms with Crippen LogP contribution in [0, 0.1) is 0 Å². The Morgan fingerprint density at radius 2 is 2.29 bits per heavy atom. The van der Waals surface area contributed by atoms with Crippen LogP contribution in [-0.2, 0) is 0 Å². The lowest BCUT2D eigenvalue weighted by molar-refractivity contribution is 0.393. The predicted octanol–water partition coefficient (Wildman–Crippen LogP) is 0.678. The molecule has 0 aliphatic carbocycles. The Morgan fingerprint density at radius 1 is 1.71 bits per heavy atom. The molecule has 7 heavy (non-hydrogen) atoms. The Bertz CT molecular complexity index is 40.7. The number of hydrogen-bond acceptors (Lipinski definition) is 3. The number of hydrogen-bond donors (Lipinski definition) is 2. The second kappa shape index (κ2) is 4.43. The van der Waals surface area contributed by atoms with Gasteiger partial charge in [0.1, 0.15) is 0 Å². The average Bonchev–Trinajstić information content (AvgIpc) is 1.68. The van der Waals surface area contributed by atoms with Crippen LogP contribution >= 0.6 is 12.8 Å². The molecular weight excluding hydrogens is 108 g/mol. The van der Waals surface area contributed by atoms with Crippen LogP contribution in [-0.4, -0.2) is 18.0 Å². The summed E-state index contributed by atoms with van der Waals surface area (Å²) in [4.78, 5) is 0. The Labute approximate surface area is 50.4 Å². The lowest BCUT2D eigenvalue weighted by Gasteiger charge is -2.09. The molecule has 1 N–H and O–H groups in total. The molecule has 0 bridgehead atoms. The fourth-order valence-corrected chi connectivity index (χ4v) is 0.524. The maximum Gasteiger partial charge on any atom is 0.0239 e. The summed E-state index contributed by atoms with van der Waals surface area (Å²) in [6.07, 6.45) is 1.13. The van der Waals surface area contributed by atoms with Crippen LogP contribution in [0.25, 0.3) is 0 Å². The molecule has 0 atom stereocenters. The molecule has 0 fully saturated rings. The van der Waals surface area contributed by atoms with E-state index >= 15 is 0 Å². The van der Waals surface area contributed by atoms with Crippen molar-refractivity contribution in [3.8, 4) is 0 Å². The van der Waals surface area contributed by atoms with E-state index in [0.717, 1.165) is 13.0 Å². The predicted molar refractivity (Wildman–Crippen MR) is 35.0 cm³/mol. The maximum absolute atomic E-state index is 4.03. The third kappa shape index (κ3) is 4.12. The van der Waals surface area contributed by atoms with E-state index in [1.54, 1.807) is 4.41 Å². The van der Waals surface area contributed by atoms with Crippen LogP contribution in [0.15, 0.2) is 0 Å². The highest BCUT2D eigenvalue weighted by atomic mass is 32.1. The standard InChI is InChI=1S/C4H12N2S/c1-3-4-6(7)5-2/h5,7H,3-4H2,1-2H3. The summed E-state index contributed by atoms with van der Waals surface area (Å²) >= 11 is 4.03. The Balaban J connectivity index is 2.83. The van der Waals surface area contributed by atoms with Crippen molar-refractivity contribution in [2.45, 2.75) is 13.3 Å². The van der Waals surface area contributed by atoms with Crippen LogP contribution in [0.1, 0.15) is 13.3 Å². The molecule has 0 amide bonds. The molecule has 0 aromatic heterocycles. The smallest absolute Gasteiger partial charge is 0.0239 e. The molecule has 0 radical (unpaired) electrons. The summed E-state index contributed by atoms with van der Waals surface area (Å²) < 4.78 is 1.75. The molecular formula is C4H12N2S. The highest BCUT2D eigenvalue weighted by molar-refractivity contribution is 7.77.